The summed E-state index contributed by atoms with van der Waals surface area (Å²) < 4.78 is 41.2. The van der Waals surface area contributed by atoms with Gasteiger partial charge >= 0.3 is 12.4 Å². The lowest BCUT2D eigenvalue weighted by atomic mass is 10.1. The van der Waals surface area contributed by atoms with Gasteiger partial charge in [0.1, 0.15) is 11.3 Å². The fourth-order valence-electron chi connectivity index (χ4n) is 4.31. The van der Waals surface area contributed by atoms with Crippen molar-refractivity contribution in [2.45, 2.75) is 25.2 Å². The highest BCUT2D eigenvalue weighted by Gasteiger charge is 2.70. The molecule has 1 saturated carbocycles. The summed E-state index contributed by atoms with van der Waals surface area (Å²) in [6, 6.07) is 10.8. The van der Waals surface area contributed by atoms with E-state index in [1.54, 1.807) is 30.5 Å². The predicted octanol–water partition coefficient (Wildman–Crippen LogP) is 5.54. The average Bonchev–Trinajstić information content (AvgIpc) is 3.33. The number of imide groups is 1. The van der Waals surface area contributed by atoms with Crippen LogP contribution in [0.25, 0.3) is 10.9 Å². The van der Waals surface area contributed by atoms with E-state index in [9.17, 15) is 22.8 Å². The third-order valence-electron chi connectivity index (χ3n) is 5.88. The van der Waals surface area contributed by atoms with Gasteiger partial charge in [0.15, 0.2) is 0 Å². The first-order valence-electron chi connectivity index (χ1n) is 9.71. The van der Waals surface area contributed by atoms with Gasteiger partial charge in [-0.15, -0.1) is 13.2 Å². The van der Waals surface area contributed by atoms with E-state index in [-0.39, 0.29) is 11.6 Å². The maximum absolute atomic E-state index is 13.5. The van der Waals surface area contributed by atoms with Crippen molar-refractivity contribution < 1.29 is 27.5 Å². The van der Waals surface area contributed by atoms with Gasteiger partial charge in [0.05, 0.1) is 16.9 Å². The Balaban J connectivity index is 1.57. The largest absolute Gasteiger partial charge is 0.573 e. The van der Waals surface area contributed by atoms with Gasteiger partial charge in [0.2, 0.25) is 0 Å². The number of hydrogen-bond acceptors (Lipinski definition) is 4. The van der Waals surface area contributed by atoms with Gasteiger partial charge < -0.3 is 4.74 Å². The van der Waals surface area contributed by atoms with Crippen LogP contribution < -0.4 is 14.5 Å². The third-order valence-corrected chi connectivity index (χ3v) is 6.11. The molecule has 2 aromatic carbocycles. The summed E-state index contributed by atoms with van der Waals surface area (Å²) in [5.74, 6) is -0.950. The highest BCUT2D eigenvalue weighted by atomic mass is 35.5. The molecule has 3 amide bonds. The molecule has 5 rings (SSSR count). The van der Waals surface area contributed by atoms with Crippen molar-refractivity contribution in [3.63, 3.8) is 0 Å². The summed E-state index contributed by atoms with van der Waals surface area (Å²) in [6.45, 7) is 1.88. The maximum atomic E-state index is 13.5. The predicted molar refractivity (Wildman–Crippen MR) is 112 cm³/mol. The number of carbonyl (C=O) groups excluding carboxylic acids is 2. The Morgan fingerprint density at radius 2 is 1.81 bits per heavy atom. The quantitative estimate of drug-likeness (QED) is 0.480. The van der Waals surface area contributed by atoms with Crippen LogP contribution in [0.5, 0.6) is 5.75 Å². The van der Waals surface area contributed by atoms with E-state index in [2.05, 4.69) is 9.72 Å². The van der Waals surface area contributed by atoms with Crippen molar-refractivity contribution in [1.29, 1.82) is 0 Å². The molecule has 10 heteroatoms. The molecule has 3 aromatic rings. The second kappa shape index (κ2) is 6.83. The number of amides is 3. The Labute approximate surface area is 185 Å². The van der Waals surface area contributed by atoms with Crippen LogP contribution in [0, 0.1) is 5.92 Å². The molecule has 1 spiro atoms. The van der Waals surface area contributed by atoms with Crippen molar-refractivity contribution >= 4 is 45.8 Å². The molecule has 2 atom stereocenters. The second-order valence-electron chi connectivity index (χ2n) is 7.82. The van der Waals surface area contributed by atoms with Gasteiger partial charge in [-0.2, -0.15) is 0 Å². The van der Waals surface area contributed by atoms with Crippen LogP contribution in [0.3, 0.4) is 0 Å². The molecule has 1 aromatic heterocycles. The van der Waals surface area contributed by atoms with Gasteiger partial charge in [0, 0.05) is 16.6 Å². The van der Waals surface area contributed by atoms with Crippen molar-refractivity contribution in [1.82, 2.24) is 4.98 Å². The van der Waals surface area contributed by atoms with Crippen molar-refractivity contribution in [3.8, 4) is 5.75 Å². The second-order valence-corrected chi connectivity index (χ2v) is 8.26. The van der Waals surface area contributed by atoms with Crippen LogP contribution in [0.2, 0.25) is 5.02 Å². The number of rotatable bonds is 3. The van der Waals surface area contributed by atoms with Crippen LogP contribution in [-0.4, -0.2) is 28.8 Å². The average molecular weight is 462 g/mol. The number of ether oxygens (including phenoxy) is 1. The zero-order valence-corrected chi connectivity index (χ0v) is 17.3. The molecule has 1 aliphatic heterocycles. The Kier molecular flexibility index (Phi) is 4.39. The number of benzene rings is 2. The standard InChI is InChI=1S/C22H15ClF3N3O3/c1-12-11-21(12)19(30)28(14-3-5-15(6-4-14)32-22(24,25)26)20(31)29(21)18-8-9-27-17-10-13(23)2-7-16(17)18/h2-10,12H,11H2,1H3. The van der Waals surface area contributed by atoms with E-state index in [0.29, 0.717) is 28.0 Å². The number of alkyl halides is 3. The van der Waals surface area contributed by atoms with E-state index < -0.39 is 29.6 Å². The molecule has 32 heavy (non-hydrogen) atoms. The molecule has 0 N–H and O–H groups in total. The fourth-order valence-corrected chi connectivity index (χ4v) is 4.47. The number of fused-ring (bicyclic) bond motifs is 1. The van der Waals surface area contributed by atoms with Crippen LogP contribution in [-0.2, 0) is 4.79 Å². The first-order chi connectivity index (χ1) is 15.1. The maximum Gasteiger partial charge on any atom is 0.573 e. The molecule has 2 aliphatic rings. The molecule has 0 bridgehead atoms. The zero-order valence-electron chi connectivity index (χ0n) is 16.6. The number of nitrogens with zero attached hydrogens (tertiary/aromatic N) is 3. The van der Waals surface area contributed by atoms with Crippen LogP contribution in [0.15, 0.2) is 54.7 Å². The van der Waals surface area contributed by atoms with Gasteiger partial charge in [-0.3, -0.25) is 14.7 Å². The van der Waals surface area contributed by atoms with Crippen LogP contribution >= 0.6 is 11.6 Å². The number of aromatic nitrogens is 1. The first kappa shape index (κ1) is 20.6. The molecule has 2 unspecified atom stereocenters. The Morgan fingerprint density at radius 1 is 1.12 bits per heavy atom. The minimum Gasteiger partial charge on any atom is -0.406 e. The minimum absolute atomic E-state index is 0.0905. The Morgan fingerprint density at radius 3 is 2.44 bits per heavy atom. The lowest BCUT2D eigenvalue weighted by Crippen LogP contribution is -2.39. The number of anilines is 2. The molecule has 2 fully saturated rings. The summed E-state index contributed by atoms with van der Waals surface area (Å²) in [5, 5.41) is 1.15. The lowest BCUT2D eigenvalue weighted by Gasteiger charge is -2.23. The van der Waals surface area contributed by atoms with Gasteiger partial charge in [-0.25, -0.2) is 9.69 Å². The molecular formula is C22H15ClF3N3O3. The Bertz CT molecular complexity index is 1260. The van der Waals surface area contributed by atoms with Gasteiger partial charge in [-0.05, 0) is 60.9 Å². The molecule has 0 radical (unpaired) electrons. The number of hydrogen-bond donors (Lipinski definition) is 0. The van der Waals surface area contributed by atoms with E-state index >= 15 is 0 Å². The summed E-state index contributed by atoms with van der Waals surface area (Å²) in [4.78, 5) is 33.7. The molecular weight excluding hydrogens is 447 g/mol. The molecule has 1 saturated heterocycles. The van der Waals surface area contributed by atoms with E-state index in [1.165, 1.54) is 17.0 Å². The van der Waals surface area contributed by atoms with Crippen LogP contribution in [0.1, 0.15) is 13.3 Å². The number of urea groups is 1. The first-order valence-corrected chi connectivity index (χ1v) is 10.1. The normalized spacial score (nSPS) is 22.8. The van der Waals surface area contributed by atoms with Gasteiger partial charge in [0.25, 0.3) is 5.91 Å². The number of carbonyl (C=O) groups is 2. The minimum atomic E-state index is -4.84. The summed E-state index contributed by atoms with van der Waals surface area (Å²) in [6.07, 6.45) is -2.82. The summed E-state index contributed by atoms with van der Waals surface area (Å²) in [5.41, 5.74) is 0.211. The highest BCUT2D eigenvalue weighted by molar-refractivity contribution is 6.33. The fraction of sp³-hybridized carbons (Fsp3) is 0.227. The summed E-state index contributed by atoms with van der Waals surface area (Å²) >= 11 is 6.07. The third kappa shape index (κ3) is 3.07. The number of halogens is 4. The molecule has 6 nitrogen and oxygen atoms in total. The zero-order chi connectivity index (χ0) is 22.8. The van der Waals surface area contributed by atoms with E-state index in [1.807, 2.05) is 6.92 Å². The van der Waals surface area contributed by atoms with Crippen molar-refractivity contribution in [2.75, 3.05) is 9.80 Å². The van der Waals surface area contributed by atoms with Crippen molar-refractivity contribution in [3.05, 3.63) is 59.8 Å². The van der Waals surface area contributed by atoms with E-state index in [0.717, 1.165) is 17.0 Å². The SMILES string of the molecule is CC1CC12C(=O)N(c1ccc(OC(F)(F)F)cc1)C(=O)N2c1ccnc2cc(Cl)ccc12. The number of pyridine rings is 1. The van der Waals surface area contributed by atoms with Crippen LogP contribution in [0.4, 0.5) is 29.3 Å². The Hall–Kier alpha value is -3.33. The van der Waals surface area contributed by atoms with Gasteiger partial charge in [-0.1, -0.05) is 18.5 Å². The molecule has 1 aliphatic carbocycles. The van der Waals surface area contributed by atoms with Crippen molar-refractivity contribution in [2.24, 2.45) is 5.92 Å². The highest BCUT2D eigenvalue weighted by Crippen LogP contribution is 2.56. The molecule has 2 heterocycles. The smallest absolute Gasteiger partial charge is 0.406 e. The molecule has 164 valence electrons. The topological polar surface area (TPSA) is 62.7 Å². The lowest BCUT2D eigenvalue weighted by molar-refractivity contribution is -0.274. The summed E-state index contributed by atoms with van der Waals surface area (Å²) in [7, 11) is 0. The monoisotopic (exact) mass is 461 g/mol. The van der Waals surface area contributed by atoms with E-state index in [4.69, 9.17) is 11.6 Å².